The van der Waals surface area contributed by atoms with Gasteiger partial charge in [-0.1, -0.05) is 44.2 Å². The fraction of sp³-hybridized carbons (Fsp3) is 0.458. The van der Waals surface area contributed by atoms with Gasteiger partial charge < -0.3 is 15.6 Å². The standard InChI is InChI=1S/C24H33N3O4S/c1-24(2,14-7-15-25)18-27(32(29,30)21-12-10-20(31-3)11-13-21)17-23(28)22(26)16-19-8-5-4-6-9-19/h4-6,8-13,22-23,28H,7,14,16-18,26H2,1-3H3/t22-,23?/m0/s1. The second-order valence-electron chi connectivity index (χ2n) is 8.72. The second-order valence-corrected chi connectivity index (χ2v) is 10.7. The lowest BCUT2D eigenvalue weighted by atomic mass is 9.88. The van der Waals surface area contributed by atoms with E-state index < -0.39 is 27.6 Å². The fourth-order valence-electron chi connectivity index (χ4n) is 3.46. The van der Waals surface area contributed by atoms with Crippen molar-refractivity contribution in [3.05, 3.63) is 60.2 Å². The molecule has 2 atom stereocenters. The van der Waals surface area contributed by atoms with Gasteiger partial charge in [-0.3, -0.25) is 0 Å². The van der Waals surface area contributed by atoms with E-state index >= 15 is 0 Å². The van der Waals surface area contributed by atoms with Gasteiger partial charge in [-0.25, -0.2) is 8.42 Å². The van der Waals surface area contributed by atoms with E-state index in [1.54, 1.807) is 12.1 Å². The number of ether oxygens (including phenoxy) is 1. The second kappa shape index (κ2) is 11.4. The van der Waals surface area contributed by atoms with Crippen molar-refractivity contribution in [1.29, 1.82) is 5.26 Å². The third-order valence-corrected chi connectivity index (χ3v) is 7.24. The maximum absolute atomic E-state index is 13.5. The molecule has 0 spiro atoms. The molecule has 0 aliphatic heterocycles. The zero-order valence-electron chi connectivity index (χ0n) is 18.9. The maximum atomic E-state index is 13.5. The van der Waals surface area contributed by atoms with Gasteiger partial charge in [0.05, 0.1) is 24.2 Å². The van der Waals surface area contributed by atoms with Crippen molar-refractivity contribution in [2.24, 2.45) is 11.1 Å². The van der Waals surface area contributed by atoms with Crippen LogP contribution in [0.15, 0.2) is 59.5 Å². The number of nitriles is 1. The SMILES string of the molecule is COc1ccc(S(=O)(=O)N(CC(O)[C@@H](N)Cc2ccccc2)CC(C)(C)CCC#N)cc1. The van der Waals surface area contributed by atoms with Crippen LogP contribution in [0.1, 0.15) is 32.3 Å². The fourth-order valence-corrected chi connectivity index (χ4v) is 5.11. The highest BCUT2D eigenvalue weighted by Gasteiger charge is 2.33. The summed E-state index contributed by atoms with van der Waals surface area (Å²) in [4.78, 5) is 0.109. The lowest BCUT2D eigenvalue weighted by Crippen LogP contribution is -2.48. The quantitative estimate of drug-likeness (QED) is 0.504. The van der Waals surface area contributed by atoms with Crippen LogP contribution < -0.4 is 10.5 Å². The minimum Gasteiger partial charge on any atom is -0.497 e. The largest absolute Gasteiger partial charge is 0.497 e. The van der Waals surface area contributed by atoms with Crippen LogP contribution in [0.5, 0.6) is 5.75 Å². The molecular weight excluding hydrogens is 426 g/mol. The average Bonchev–Trinajstić information content (AvgIpc) is 2.77. The van der Waals surface area contributed by atoms with Crippen LogP contribution in [0, 0.1) is 16.7 Å². The Morgan fingerprint density at radius 1 is 1.16 bits per heavy atom. The number of rotatable bonds is 12. The van der Waals surface area contributed by atoms with E-state index in [9.17, 15) is 13.5 Å². The van der Waals surface area contributed by atoms with Crippen molar-refractivity contribution in [1.82, 2.24) is 4.31 Å². The summed E-state index contributed by atoms with van der Waals surface area (Å²) >= 11 is 0. The number of aliphatic hydroxyl groups excluding tert-OH is 1. The third kappa shape index (κ3) is 7.31. The number of nitrogens with zero attached hydrogens (tertiary/aromatic N) is 2. The monoisotopic (exact) mass is 459 g/mol. The molecular formula is C24H33N3O4S. The van der Waals surface area contributed by atoms with Gasteiger partial charge in [0.15, 0.2) is 0 Å². The molecule has 0 saturated carbocycles. The number of sulfonamides is 1. The van der Waals surface area contributed by atoms with E-state index in [4.69, 9.17) is 15.7 Å². The molecule has 0 amide bonds. The van der Waals surface area contributed by atoms with Gasteiger partial charge >= 0.3 is 0 Å². The third-order valence-electron chi connectivity index (χ3n) is 5.41. The van der Waals surface area contributed by atoms with Crippen LogP contribution >= 0.6 is 0 Å². The minimum atomic E-state index is -3.91. The lowest BCUT2D eigenvalue weighted by Gasteiger charge is -2.34. The Morgan fingerprint density at radius 3 is 2.34 bits per heavy atom. The molecule has 8 heteroatoms. The smallest absolute Gasteiger partial charge is 0.243 e. The van der Waals surface area contributed by atoms with Gasteiger partial charge in [0.25, 0.3) is 0 Å². The molecule has 0 aliphatic carbocycles. The molecule has 3 N–H and O–H groups in total. The molecule has 0 aromatic heterocycles. The van der Waals surface area contributed by atoms with E-state index in [0.29, 0.717) is 25.0 Å². The Labute approximate surface area is 191 Å². The Balaban J connectivity index is 2.27. The highest BCUT2D eigenvalue weighted by molar-refractivity contribution is 7.89. The molecule has 0 aliphatic rings. The van der Waals surface area contributed by atoms with E-state index in [1.165, 1.54) is 23.5 Å². The molecule has 7 nitrogen and oxygen atoms in total. The normalized spacial score (nSPS) is 14.0. The van der Waals surface area contributed by atoms with E-state index in [1.807, 2.05) is 44.2 Å². The summed E-state index contributed by atoms with van der Waals surface area (Å²) in [6, 6.07) is 17.2. The first-order valence-corrected chi connectivity index (χ1v) is 12.0. The number of aliphatic hydroxyl groups is 1. The summed E-state index contributed by atoms with van der Waals surface area (Å²) in [5, 5.41) is 19.8. The van der Waals surface area contributed by atoms with E-state index in [0.717, 1.165) is 5.56 Å². The molecule has 0 saturated heterocycles. The van der Waals surface area contributed by atoms with Gasteiger partial charge in [-0.15, -0.1) is 0 Å². The first kappa shape index (κ1) is 25.8. The highest BCUT2D eigenvalue weighted by Crippen LogP contribution is 2.28. The van der Waals surface area contributed by atoms with Crippen LogP contribution in [0.3, 0.4) is 0 Å². The number of methoxy groups -OCH3 is 1. The Hall–Kier alpha value is -2.44. The molecule has 32 heavy (non-hydrogen) atoms. The molecule has 174 valence electrons. The van der Waals surface area contributed by atoms with Crippen molar-refractivity contribution >= 4 is 10.0 Å². The molecule has 0 radical (unpaired) electrons. The maximum Gasteiger partial charge on any atom is 0.243 e. The van der Waals surface area contributed by atoms with Crippen molar-refractivity contribution in [3.8, 4) is 11.8 Å². The van der Waals surface area contributed by atoms with E-state index in [2.05, 4.69) is 6.07 Å². The number of hydrogen-bond acceptors (Lipinski definition) is 6. The van der Waals surface area contributed by atoms with Crippen molar-refractivity contribution < 1.29 is 18.3 Å². The van der Waals surface area contributed by atoms with Gasteiger partial charge in [0, 0.05) is 25.6 Å². The lowest BCUT2D eigenvalue weighted by molar-refractivity contribution is 0.106. The number of hydrogen-bond donors (Lipinski definition) is 2. The zero-order valence-corrected chi connectivity index (χ0v) is 19.8. The van der Waals surface area contributed by atoms with Gasteiger partial charge in [-0.05, 0) is 48.1 Å². The average molecular weight is 460 g/mol. The van der Waals surface area contributed by atoms with Gasteiger partial charge in [0.1, 0.15) is 5.75 Å². The van der Waals surface area contributed by atoms with Crippen LogP contribution in [-0.2, 0) is 16.4 Å². The summed E-state index contributed by atoms with van der Waals surface area (Å²) in [6.45, 7) is 3.84. The predicted molar refractivity (Wildman–Crippen MR) is 125 cm³/mol. The van der Waals surface area contributed by atoms with E-state index in [-0.39, 0.29) is 18.0 Å². The van der Waals surface area contributed by atoms with Crippen LogP contribution in [0.2, 0.25) is 0 Å². The molecule has 0 fully saturated rings. The molecule has 2 rings (SSSR count). The van der Waals surface area contributed by atoms with Gasteiger partial charge in [-0.2, -0.15) is 9.57 Å². The minimum absolute atomic E-state index is 0.109. The van der Waals surface area contributed by atoms with Crippen molar-refractivity contribution in [2.45, 2.75) is 50.2 Å². The molecule has 1 unspecified atom stereocenters. The zero-order chi connectivity index (χ0) is 23.8. The first-order valence-electron chi connectivity index (χ1n) is 10.6. The summed E-state index contributed by atoms with van der Waals surface area (Å²) < 4.78 is 33.3. The number of nitrogens with two attached hydrogens (primary N) is 1. The summed E-state index contributed by atoms with van der Waals surface area (Å²) in [7, 11) is -2.39. The summed E-state index contributed by atoms with van der Waals surface area (Å²) in [6.07, 6.45) is 0.218. The topological polar surface area (TPSA) is 117 Å². The Morgan fingerprint density at radius 2 is 1.78 bits per heavy atom. The Kier molecular flexibility index (Phi) is 9.22. The Bertz CT molecular complexity index is 986. The molecule has 2 aromatic rings. The van der Waals surface area contributed by atoms with Gasteiger partial charge in [0.2, 0.25) is 10.0 Å². The van der Waals surface area contributed by atoms with Crippen LogP contribution in [-0.4, -0.2) is 50.2 Å². The molecule has 0 heterocycles. The van der Waals surface area contributed by atoms with Crippen molar-refractivity contribution in [3.63, 3.8) is 0 Å². The summed E-state index contributed by atoms with van der Waals surface area (Å²) in [5.74, 6) is 0.551. The van der Waals surface area contributed by atoms with Crippen molar-refractivity contribution in [2.75, 3.05) is 20.2 Å². The molecule has 2 aromatic carbocycles. The molecule has 0 bridgehead atoms. The van der Waals surface area contributed by atoms with Crippen LogP contribution in [0.4, 0.5) is 0 Å². The highest BCUT2D eigenvalue weighted by atomic mass is 32.2. The summed E-state index contributed by atoms with van der Waals surface area (Å²) in [5.41, 5.74) is 6.74. The number of benzene rings is 2. The van der Waals surface area contributed by atoms with Crippen LogP contribution in [0.25, 0.3) is 0 Å². The predicted octanol–water partition coefficient (Wildman–Crippen LogP) is 2.95. The first-order chi connectivity index (χ1) is 15.1.